The minimum absolute atomic E-state index is 0.0540. The number of carbonyl (C=O) groups is 1. The smallest absolute Gasteiger partial charge is 0.265 e. The summed E-state index contributed by atoms with van der Waals surface area (Å²) in [6, 6.07) is 9.55. The van der Waals surface area contributed by atoms with Crippen LogP contribution in [-0.2, 0) is 0 Å². The summed E-state index contributed by atoms with van der Waals surface area (Å²) in [6.07, 6.45) is 0.446. The third-order valence-corrected chi connectivity index (χ3v) is 3.76. The standard InChI is InChI=1S/C17H17NO2S/c1-12-9-13(2)11-14(10-12)18-17(20)16-7-6-15(21-16)5-3-4-8-19/h6-7,9-11,19H,4,8H2,1-2H3,(H,18,20). The van der Waals surface area contributed by atoms with Crippen LogP contribution in [0.25, 0.3) is 0 Å². The van der Waals surface area contributed by atoms with Crippen molar-refractivity contribution in [1.29, 1.82) is 0 Å². The van der Waals surface area contributed by atoms with Crippen molar-refractivity contribution in [2.45, 2.75) is 20.3 Å². The van der Waals surface area contributed by atoms with Crippen molar-refractivity contribution >= 4 is 22.9 Å². The SMILES string of the molecule is Cc1cc(C)cc(NC(=O)c2ccc(C#CCCO)s2)c1. The minimum atomic E-state index is -0.125. The first kappa shape index (κ1) is 15.3. The molecule has 0 aliphatic rings. The van der Waals surface area contributed by atoms with Gasteiger partial charge in [-0.3, -0.25) is 4.79 Å². The number of rotatable bonds is 3. The number of benzene rings is 1. The van der Waals surface area contributed by atoms with Crippen LogP contribution >= 0.6 is 11.3 Å². The maximum Gasteiger partial charge on any atom is 0.265 e. The number of thiophene rings is 1. The van der Waals surface area contributed by atoms with Crippen LogP contribution in [0.5, 0.6) is 0 Å². The van der Waals surface area contributed by atoms with Crippen molar-refractivity contribution < 1.29 is 9.90 Å². The number of aryl methyl sites for hydroxylation is 2. The van der Waals surface area contributed by atoms with Crippen molar-refractivity contribution in [3.05, 3.63) is 51.2 Å². The van der Waals surface area contributed by atoms with Crippen molar-refractivity contribution in [2.24, 2.45) is 0 Å². The number of nitrogens with one attached hydrogen (secondary N) is 1. The van der Waals surface area contributed by atoms with Gasteiger partial charge in [-0.05, 0) is 49.2 Å². The summed E-state index contributed by atoms with van der Waals surface area (Å²) in [5, 5.41) is 11.6. The summed E-state index contributed by atoms with van der Waals surface area (Å²) in [7, 11) is 0. The molecule has 1 aromatic heterocycles. The Bertz CT molecular complexity index is 687. The van der Waals surface area contributed by atoms with Gasteiger partial charge in [-0.1, -0.05) is 17.9 Å². The largest absolute Gasteiger partial charge is 0.395 e. The highest BCUT2D eigenvalue weighted by Crippen LogP contribution is 2.19. The van der Waals surface area contributed by atoms with Crippen molar-refractivity contribution in [3.8, 4) is 11.8 Å². The van der Waals surface area contributed by atoms with Crippen LogP contribution in [0.4, 0.5) is 5.69 Å². The van der Waals surface area contributed by atoms with E-state index in [0.717, 1.165) is 21.7 Å². The fourth-order valence-electron chi connectivity index (χ4n) is 1.97. The molecule has 0 aliphatic carbocycles. The molecule has 2 rings (SSSR count). The lowest BCUT2D eigenvalue weighted by molar-refractivity contribution is 0.103. The Balaban J connectivity index is 2.09. The maximum absolute atomic E-state index is 12.2. The van der Waals surface area contributed by atoms with Crippen molar-refractivity contribution in [2.75, 3.05) is 11.9 Å². The molecule has 1 amide bonds. The maximum atomic E-state index is 12.2. The zero-order chi connectivity index (χ0) is 15.2. The van der Waals surface area contributed by atoms with E-state index in [2.05, 4.69) is 23.2 Å². The normalized spacial score (nSPS) is 9.86. The van der Waals surface area contributed by atoms with Gasteiger partial charge >= 0.3 is 0 Å². The summed E-state index contributed by atoms with van der Waals surface area (Å²) in [6.45, 7) is 4.06. The molecule has 2 aromatic rings. The summed E-state index contributed by atoms with van der Waals surface area (Å²) < 4.78 is 0. The first-order valence-electron chi connectivity index (χ1n) is 6.67. The van der Waals surface area contributed by atoms with Crippen LogP contribution in [0.2, 0.25) is 0 Å². The fraction of sp³-hybridized carbons (Fsp3) is 0.235. The zero-order valence-electron chi connectivity index (χ0n) is 12.1. The number of carbonyl (C=O) groups excluding carboxylic acids is 1. The first-order valence-corrected chi connectivity index (χ1v) is 7.49. The van der Waals surface area contributed by atoms with E-state index in [1.807, 2.05) is 32.0 Å². The number of anilines is 1. The van der Waals surface area contributed by atoms with Crippen LogP contribution in [0, 0.1) is 25.7 Å². The Morgan fingerprint density at radius 2 is 1.95 bits per heavy atom. The van der Waals surface area contributed by atoms with Gasteiger partial charge in [0.1, 0.15) is 0 Å². The quantitative estimate of drug-likeness (QED) is 0.854. The third-order valence-electron chi connectivity index (χ3n) is 2.76. The molecule has 0 spiro atoms. The topological polar surface area (TPSA) is 49.3 Å². The molecule has 3 nitrogen and oxygen atoms in total. The highest BCUT2D eigenvalue weighted by molar-refractivity contribution is 7.14. The van der Waals surface area contributed by atoms with Gasteiger partial charge < -0.3 is 10.4 Å². The number of aliphatic hydroxyl groups excluding tert-OH is 1. The summed E-state index contributed by atoms with van der Waals surface area (Å²) >= 11 is 1.35. The van der Waals surface area contributed by atoms with Gasteiger partial charge in [-0.25, -0.2) is 0 Å². The molecule has 2 N–H and O–H groups in total. The molecular weight excluding hydrogens is 282 g/mol. The van der Waals surface area contributed by atoms with E-state index in [9.17, 15) is 4.79 Å². The molecule has 4 heteroatoms. The molecule has 1 aromatic carbocycles. The molecule has 0 radical (unpaired) electrons. The van der Waals surface area contributed by atoms with Crippen molar-refractivity contribution in [3.63, 3.8) is 0 Å². The molecule has 0 bridgehead atoms. The number of hydrogen-bond acceptors (Lipinski definition) is 3. The summed E-state index contributed by atoms with van der Waals surface area (Å²) in [4.78, 5) is 13.6. The number of aliphatic hydroxyl groups is 1. The minimum Gasteiger partial charge on any atom is -0.395 e. The Morgan fingerprint density at radius 3 is 2.62 bits per heavy atom. The predicted octanol–water partition coefficient (Wildman–Crippen LogP) is 3.35. The summed E-state index contributed by atoms with van der Waals surface area (Å²) in [5.41, 5.74) is 3.04. The average molecular weight is 299 g/mol. The van der Waals surface area contributed by atoms with E-state index >= 15 is 0 Å². The van der Waals surface area contributed by atoms with Crippen LogP contribution < -0.4 is 5.32 Å². The van der Waals surface area contributed by atoms with E-state index in [-0.39, 0.29) is 12.5 Å². The second-order valence-corrected chi connectivity index (χ2v) is 5.85. The van der Waals surface area contributed by atoms with Crippen LogP contribution in [0.3, 0.4) is 0 Å². The second kappa shape index (κ2) is 7.07. The number of hydrogen-bond donors (Lipinski definition) is 2. The van der Waals surface area contributed by atoms with Crippen LogP contribution in [0.1, 0.15) is 32.1 Å². The van der Waals surface area contributed by atoms with E-state index < -0.39 is 0 Å². The molecule has 0 fully saturated rings. The Labute approximate surface area is 128 Å². The number of amides is 1. The molecule has 0 aliphatic heterocycles. The zero-order valence-corrected chi connectivity index (χ0v) is 12.9. The first-order chi connectivity index (χ1) is 10.1. The van der Waals surface area contributed by atoms with E-state index in [1.165, 1.54) is 11.3 Å². The van der Waals surface area contributed by atoms with E-state index in [0.29, 0.717) is 11.3 Å². The average Bonchev–Trinajstić information content (AvgIpc) is 2.86. The molecular formula is C17H17NO2S. The van der Waals surface area contributed by atoms with E-state index in [1.54, 1.807) is 6.07 Å². The predicted molar refractivity (Wildman–Crippen MR) is 86.8 cm³/mol. The monoisotopic (exact) mass is 299 g/mol. The highest BCUT2D eigenvalue weighted by atomic mass is 32.1. The van der Waals surface area contributed by atoms with Gasteiger partial charge in [-0.2, -0.15) is 0 Å². The van der Waals surface area contributed by atoms with Gasteiger partial charge in [0, 0.05) is 12.1 Å². The highest BCUT2D eigenvalue weighted by Gasteiger charge is 2.09. The molecule has 0 saturated carbocycles. The second-order valence-electron chi connectivity index (χ2n) is 4.77. The van der Waals surface area contributed by atoms with Gasteiger partial charge in [0.2, 0.25) is 0 Å². The molecule has 0 atom stereocenters. The third kappa shape index (κ3) is 4.45. The lowest BCUT2D eigenvalue weighted by Crippen LogP contribution is -2.10. The Kier molecular flexibility index (Phi) is 5.15. The van der Waals surface area contributed by atoms with Gasteiger partial charge in [0.15, 0.2) is 0 Å². The van der Waals surface area contributed by atoms with Crippen LogP contribution in [-0.4, -0.2) is 17.6 Å². The van der Waals surface area contributed by atoms with Crippen molar-refractivity contribution in [1.82, 2.24) is 0 Å². The molecule has 21 heavy (non-hydrogen) atoms. The lowest BCUT2D eigenvalue weighted by Gasteiger charge is -2.06. The van der Waals surface area contributed by atoms with E-state index in [4.69, 9.17) is 5.11 Å². The van der Waals surface area contributed by atoms with Crippen LogP contribution in [0.15, 0.2) is 30.3 Å². The summed E-state index contributed by atoms with van der Waals surface area (Å²) in [5.74, 6) is 5.65. The lowest BCUT2D eigenvalue weighted by atomic mass is 10.1. The van der Waals surface area contributed by atoms with Gasteiger partial charge in [0.25, 0.3) is 5.91 Å². The molecule has 0 saturated heterocycles. The molecule has 0 unspecified atom stereocenters. The van der Waals surface area contributed by atoms with Gasteiger partial charge in [0.05, 0.1) is 16.4 Å². The van der Waals surface area contributed by atoms with Gasteiger partial charge in [-0.15, -0.1) is 11.3 Å². The molecule has 1 heterocycles. The Hall–Kier alpha value is -2.09. The Morgan fingerprint density at radius 1 is 1.24 bits per heavy atom. The molecule has 108 valence electrons. The fourth-order valence-corrected chi connectivity index (χ4v) is 2.75.